The van der Waals surface area contributed by atoms with Crippen LogP contribution in [0, 0.1) is 0 Å². The number of thiophene rings is 1. The monoisotopic (exact) mass is 316 g/mol. The Kier molecular flexibility index (Phi) is 5.84. The molecule has 0 aromatic carbocycles. The van der Waals surface area contributed by atoms with Crippen molar-refractivity contribution in [3.63, 3.8) is 0 Å². The molecule has 1 aliphatic heterocycles. The summed E-state index contributed by atoms with van der Waals surface area (Å²) < 4.78 is 0.826. The smallest absolute Gasteiger partial charge is 0.222 e. The summed E-state index contributed by atoms with van der Waals surface area (Å²) in [5.41, 5.74) is 0. The molecule has 2 rings (SSSR count). The number of hydrogen-bond acceptors (Lipinski definition) is 4. The maximum absolute atomic E-state index is 12.0. The van der Waals surface area contributed by atoms with Crippen molar-refractivity contribution >= 4 is 28.8 Å². The van der Waals surface area contributed by atoms with Crippen LogP contribution in [0.1, 0.15) is 24.6 Å². The minimum Gasteiger partial charge on any atom is -0.393 e. The van der Waals surface area contributed by atoms with Crippen LogP contribution in [-0.4, -0.2) is 53.1 Å². The van der Waals surface area contributed by atoms with E-state index in [-0.39, 0.29) is 5.91 Å². The topological polar surface area (TPSA) is 43.8 Å². The molecule has 1 saturated heterocycles. The van der Waals surface area contributed by atoms with Gasteiger partial charge in [-0.2, -0.15) is 0 Å². The minimum absolute atomic E-state index is 0.157. The summed E-state index contributed by atoms with van der Waals surface area (Å²) in [5.74, 6) is 0.157. The molecule has 1 aromatic rings. The second-order valence-corrected chi connectivity index (χ2v) is 7.05. The number of aliphatic hydroxyl groups excluding tert-OH is 1. The van der Waals surface area contributed by atoms with Gasteiger partial charge in [-0.05, 0) is 25.5 Å². The van der Waals surface area contributed by atoms with Crippen molar-refractivity contribution in [3.8, 4) is 0 Å². The van der Waals surface area contributed by atoms with Crippen LogP contribution in [0.5, 0.6) is 0 Å². The van der Waals surface area contributed by atoms with Gasteiger partial charge in [-0.25, -0.2) is 0 Å². The summed E-state index contributed by atoms with van der Waals surface area (Å²) in [5, 5.41) is 9.22. The number of aliphatic hydroxyl groups is 1. The molecule has 0 aliphatic carbocycles. The highest BCUT2D eigenvalue weighted by Crippen LogP contribution is 2.23. The predicted molar refractivity (Wildman–Crippen MR) is 82.1 cm³/mol. The van der Waals surface area contributed by atoms with Crippen LogP contribution >= 0.6 is 22.9 Å². The first kappa shape index (κ1) is 15.8. The minimum atomic E-state index is -0.399. The molecule has 1 aliphatic rings. The van der Waals surface area contributed by atoms with Gasteiger partial charge in [-0.1, -0.05) is 11.6 Å². The highest BCUT2D eigenvalue weighted by atomic mass is 35.5. The number of carbonyl (C=O) groups is 1. The van der Waals surface area contributed by atoms with Gasteiger partial charge in [0.1, 0.15) is 0 Å². The number of nitrogens with zero attached hydrogens (tertiary/aromatic N) is 2. The fourth-order valence-electron chi connectivity index (χ4n) is 2.30. The molecule has 4 nitrogen and oxygen atoms in total. The molecule has 1 amide bonds. The SMILES string of the molecule is CC(O)CCC(=O)N1CCN(Cc2ccc(Cl)s2)CC1. The van der Waals surface area contributed by atoms with Crippen LogP contribution in [0.2, 0.25) is 4.34 Å². The van der Waals surface area contributed by atoms with Gasteiger partial charge in [0, 0.05) is 44.0 Å². The summed E-state index contributed by atoms with van der Waals surface area (Å²) >= 11 is 7.55. The Morgan fingerprint density at radius 3 is 2.65 bits per heavy atom. The maximum Gasteiger partial charge on any atom is 0.222 e. The molecule has 0 radical (unpaired) electrons. The fraction of sp³-hybridized carbons (Fsp3) is 0.643. The first-order chi connectivity index (χ1) is 9.54. The number of amides is 1. The third kappa shape index (κ3) is 4.74. The second kappa shape index (κ2) is 7.41. The van der Waals surface area contributed by atoms with Crippen LogP contribution in [0.4, 0.5) is 0 Å². The lowest BCUT2D eigenvalue weighted by Gasteiger charge is -2.34. The van der Waals surface area contributed by atoms with Crippen molar-refractivity contribution < 1.29 is 9.90 Å². The largest absolute Gasteiger partial charge is 0.393 e. The van der Waals surface area contributed by atoms with Gasteiger partial charge in [0.15, 0.2) is 0 Å². The molecule has 6 heteroatoms. The quantitative estimate of drug-likeness (QED) is 0.905. The molecule has 112 valence electrons. The predicted octanol–water partition coefficient (Wildman–Crippen LogP) is 2.21. The summed E-state index contributed by atoms with van der Waals surface area (Å²) in [6.45, 7) is 5.98. The Labute approximate surface area is 128 Å². The molecule has 1 unspecified atom stereocenters. The zero-order chi connectivity index (χ0) is 14.5. The summed E-state index contributed by atoms with van der Waals surface area (Å²) in [6.07, 6.45) is 0.592. The average Bonchev–Trinajstić information content (AvgIpc) is 2.82. The average molecular weight is 317 g/mol. The molecule has 0 bridgehead atoms. The van der Waals surface area contributed by atoms with Gasteiger partial charge in [0.25, 0.3) is 0 Å². The number of rotatable bonds is 5. The van der Waals surface area contributed by atoms with Crippen molar-refractivity contribution in [2.75, 3.05) is 26.2 Å². The standard InChI is InChI=1S/C14H21ClN2O2S/c1-11(18)2-5-14(19)17-8-6-16(7-9-17)10-12-3-4-13(15)20-12/h3-4,11,18H,2,5-10H2,1H3. The third-order valence-corrected chi connectivity index (χ3v) is 4.73. The van der Waals surface area contributed by atoms with E-state index >= 15 is 0 Å². The van der Waals surface area contributed by atoms with Crippen molar-refractivity contribution in [3.05, 3.63) is 21.3 Å². The lowest BCUT2D eigenvalue weighted by atomic mass is 10.2. The molecule has 20 heavy (non-hydrogen) atoms. The summed E-state index contributed by atoms with van der Waals surface area (Å²) in [7, 11) is 0. The molecule has 1 aromatic heterocycles. The maximum atomic E-state index is 12.0. The van der Waals surface area contributed by atoms with E-state index in [4.69, 9.17) is 11.6 Å². The van der Waals surface area contributed by atoms with Gasteiger partial charge in [-0.3, -0.25) is 9.69 Å². The Morgan fingerprint density at radius 2 is 2.10 bits per heavy atom. The molecule has 0 saturated carbocycles. The molecular formula is C14H21ClN2O2S. The van der Waals surface area contributed by atoms with Crippen LogP contribution in [-0.2, 0) is 11.3 Å². The Morgan fingerprint density at radius 1 is 1.40 bits per heavy atom. The van der Waals surface area contributed by atoms with E-state index in [9.17, 15) is 9.90 Å². The van der Waals surface area contributed by atoms with E-state index in [1.54, 1.807) is 18.3 Å². The zero-order valence-electron chi connectivity index (χ0n) is 11.7. The highest BCUT2D eigenvalue weighted by Gasteiger charge is 2.21. The van der Waals surface area contributed by atoms with E-state index in [2.05, 4.69) is 11.0 Å². The summed E-state index contributed by atoms with van der Waals surface area (Å²) in [6, 6.07) is 3.99. The Bertz CT molecular complexity index is 442. The zero-order valence-corrected chi connectivity index (χ0v) is 13.3. The lowest BCUT2D eigenvalue weighted by molar-refractivity contribution is -0.133. The first-order valence-electron chi connectivity index (χ1n) is 6.97. The van der Waals surface area contributed by atoms with Crippen LogP contribution in [0.15, 0.2) is 12.1 Å². The van der Waals surface area contributed by atoms with Gasteiger partial charge in [0.05, 0.1) is 10.4 Å². The van der Waals surface area contributed by atoms with E-state index in [1.807, 2.05) is 11.0 Å². The van der Waals surface area contributed by atoms with Crippen molar-refractivity contribution in [1.29, 1.82) is 0 Å². The molecular weight excluding hydrogens is 296 g/mol. The second-order valence-electron chi connectivity index (χ2n) is 5.25. The van der Waals surface area contributed by atoms with Crippen molar-refractivity contribution in [2.24, 2.45) is 0 Å². The van der Waals surface area contributed by atoms with Gasteiger partial charge in [-0.15, -0.1) is 11.3 Å². The highest BCUT2D eigenvalue weighted by molar-refractivity contribution is 7.16. The lowest BCUT2D eigenvalue weighted by Crippen LogP contribution is -2.48. The Hall–Kier alpha value is -0.620. The van der Waals surface area contributed by atoms with E-state index in [0.717, 1.165) is 37.1 Å². The Balaban J connectivity index is 1.73. The van der Waals surface area contributed by atoms with Gasteiger partial charge in [0.2, 0.25) is 5.91 Å². The number of piperazine rings is 1. The van der Waals surface area contributed by atoms with E-state index < -0.39 is 6.10 Å². The summed E-state index contributed by atoms with van der Waals surface area (Å²) in [4.78, 5) is 17.5. The van der Waals surface area contributed by atoms with Crippen molar-refractivity contribution in [2.45, 2.75) is 32.4 Å². The molecule has 2 heterocycles. The fourth-order valence-corrected chi connectivity index (χ4v) is 3.43. The first-order valence-corrected chi connectivity index (χ1v) is 8.16. The van der Waals surface area contributed by atoms with Gasteiger partial charge < -0.3 is 10.0 Å². The van der Waals surface area contributed by atoms with Crippen LogP contribution < -0.4 is 0 Å². The van der Waals surface area contributed by atoms with Gasteiger partial charge >= 0.3 is 0 Å². The molecule has 1 N–H and O–H groups in total. The normalized spacial score (nSPS) is 18.2. The van der Waals surface area contributed by atoms with Crippen molar-refractivity contribution in [1.82, 2.24) is 9.80 Å². The molecule has 1 atom stereocenters. The molecule has 0 spiro atoms. The van der Waals surface area contributed by atoms with Crippen LogP contribution in [0.3, 0.4) is 0 Å². The number of hydrogen-bond donors (Lipinski definition) is 1. The molecule has 1 fully saturated rings. The van der Waals surface area contributed by atoms with Crippen LogP contribution in [0.25, 0.3) is 0 Å². The third-order valence-electron chi connectivity index (χ3n) is 3.51. The number of halogens is 1. The van der Waals surface area contributed by atoms with E-state index in [0.29, 0.717) is 12.8 Å². The number of carbonyl (C=O) groups excluding carboxylic acids is 1. The van der Waals surface area contributed by atoms with E-state index in [1.165, 1.54) is 4.88 Å².